The Balaban J connectivity index is 1.18. The van der Waals surface area contributed by atoms with E-state index in [1.807, 2.05) is 17.8 Å². The van der Waals surface area contributed by atoms with Crippen LogP contribution >= 0.6 is 11.8 Å². The minimum absolute atomic E-state index is 0.602. The highest BCUT2D eigenvalue weighted by Crippen LogP contribution is 2.25. The first kappa shape index (κ1) is 16.4. The highest BCUT2D eigenvalue weighted by atomic mass is 32.2. The summed E-state index contributed by atoms with van der Waals surface area (Å²) in [5.41, 5.74) is 1.03. The Morgan fingerprint density at radius 2 is 1.88 bits per heavy atom. The van der Waals surface area contributed by atoms with Gasteiger partial charge < -0.3 is 14.2 Å². The van der Waals surface area contributed by atoms with E-state index in [0.717, 1.165) is 77.8 Å². The van der Waals surface area contributed by atoms with E-state index in [1.54, 1.807) is 6.26 Å². The maximum absolute atomic E-state index is 5.43. The summed E-state index contributed by atoms with van der Waals surface area (Å²) in [6.45, 7) is 11.1. The molecule has 3 aliphatic heterocycles. The molecule has 0 bridgehead atoms. The summed E-state index contributed by atoms with van der Waals surface area (Å²) in [6, 6.07) is 1.95. The largest absolute Gasteiger partial charge is 0.378 e. The van der Waals surface area contributed by atoms with E-state index in [4.69, 9.17) is 14.3 Å². The molecule has 0 spiro atoms. The molecule has 0 saturated carbocycles. The number of morpholine rings is 1. The number of hydrogen-bond acceptors (Lipinski definition) is 8. The van der Waals surface area contributed by atoms with Crippen molar-refractivity contribution in [1.82, 2.24) is 19.9 Å². The molecule has 24 heavy (non-hydrogen) atoms. The second-order valence-electron chi connectivity index (χ2n) is 6.53. The zero-order valence-electron chi connectivity index (χ0n) is 14.0. The number of piperazine rings is 1. The quantitative estimate of drug-likeness (QED) is 0.787. The Bertz CT molecular complexity index is 539. The molecule has 1 aromatic heterocycles. The molecule has 1 aromatic rings. The fraction of sp³-hybridized carbons (Fsp3) is 0.750. The van der Waals surface area contributed by atoms with Gasteiger partial charge in [-0.3, -0.25) is 14.8 Å². The highest BCUT2D eigenvalue weighted by Gasteiger charge is 2.28. The van der Waals surface area contributed by atoms with Gasteiger partial charge in [0.1, 0.15) is 6.26 Å². The Morgan fingerprint density at radius 1 is 1.08 bits per heavy atom. The minimum atomic E-state index is 0.602. The number of hydrogen-bond donors (Lipinski definition) is 0. The third kappa shape index (κ3) is 4.11. The van der Waals surface area contributed by atoms with Crippen molar-refractivity contribution in [1.29, 1.82) is 0 Å². The molecule has 132 valence electrons. The van der Waals surface area contributed by atoms with Crippen LogP contribution in [0.15, 0.2) is 21.8 Å². The zero-order chi connectivity index (χ0) is 16.2. The van der Waals surface area contributed by atoms with Crippen LogP contribution in [0.1, 0.15) is 5.69 Å². The molecule has 0 radical (unpaired) electrons. The average molecular weight is 351 g/mol. The first-order valence-electron chi connectivity index (χ1n) is 8.74. The number of aliphatic imine (C=N–C) groups is 1. The van der Waals surface area contributed by atoms with Crippen molar-refractivity contribution >= 4 is 16.9 Å². The minimum Gasteiger partial charge on any atom is -0.378 e. The molecule has 0 amide bonds. The van der Waals surface area contributed by atoms with Gasteiger partial charge in [0.2, 0.25) is 0 Å². The third-order valence-corrected chi connectivity index (χ3v) is 6.02. The van der Waals surface area contributed by atoms with E-state index in [-0.39, 0.29) is 0 Å². The predicted octanol–water partition coefficient (Wildman–Crippen LogP) is 0.596. The van der Waals surface area contributed by atoms with Crippen LogP contribution in [0, 0.1) is 0 Å². The molecule has 0 N–H and O–H groups in total. The first-order chi connectivity index (χ1) is 11.9. The lowest BCUT2D eigenvalue weighted by Crippen LogP contribution is -2.48. The molecule has 8 heteroatoms. The molecule has 4 heterocycles. The summed E-state index contributed by atoms with van der Waals surface area (Å²) in [4.78, 5) is 12.2. The standard InChI is InChI=1S/C16H25N5O2S/c1-8-23-18-14(1)12-19-2-4-20(5-3-19)13-15-11-17-16(24-15)21-6-9-22-10-7-21/h1,8,15H,2-7,9-13H2/t15-/m0/s1. The molecular formula is C16H25N5O2S. The van der Waals surface area contributed by atoms with E-state index >= 15 is 0 Å². The Morgan fingerprint density at radius 3 is 2.62 bits per heavy atom. The summed E-state index contributed by atoms with van der Waals surface area (Å²) < 4.78 is 10.3. The summed E-state index contributed by atoms with van der Waals surface area (Å²) in [7, 11) is 0. The predicted molar refractivity (Wildman–Crippen MR) is 94.3 cm³/mol. The van der Waals surface area contributed by atoms with E-state index in [9.17, 15) is 0 Å². The Labute approximate surface area is 147 Å². The van der Waals surface area contributed by atoms with Crippen LogP contribution in [0.5, 0.6) is 0 Å². The fourth-order valence-electron chi connectivity index (χ4n) is 3.39. The maximum Gasteiger partial charge on any atom is 0.159 e. The van der Waals surface area contributed by atoms with Crippen LogP contribution in [0.25, 0.3) is 0 Å². The van der Waals surface area contributed by atoms with Crippen molar-refractivity contribution in [3.63, 3.8) is 0 Å². The molecule has 0 aliphatic carbocycles. The summed E-state index contributed by atoms with van der Waals surface area (Å²) in [5.74, 6) is 0. The molecule has 3 aliphatic rings. The van der Waals surface area contributed by atoms with Gasteiger partial charge in [-0.1, -0.05) is 16.9 Å². The lowest BCUT2D eigenvalue weighted by molar-refractivity contribution is 0.0693. The topological polar surface area (TPSA) is 57.3 Å². The summed E-state index contributed by atoms with van der Waals surface area (Å²) in [6.07, 6.45) is 1.65. The van der Waals surface area contributed by atoms with Gasteiger partial charge in [-0.05, 0) is 0 Å². The fourth-order valence-corrected chi connectivity index (χ4v) is 4.61. The van der Waals surface area contributed by atoms with Gasteiger partial charge in [-0.15, -0.1) is 0 Å². The Kier molecular flexibility index (Phi) is 5.37. The SMILES string of the molecule is c1cc(CN2CCN(C[C@@H]3CN=C(N4CCOCC4)S3)CC2)no1. The van der Waals surface area contributed by atoms with Crippen molar-refractivity contribution in [3.05, 3.63) is 18.0 Å². The molecule has 0 aromatic carbocycles. The zero-order valence-corrected chi connectivity index (χ0v) is 14.8. The van der Waals surface area contributed by atoms with Crippen molar-refractivity contribution in [2.24, 2.45) is 4.99 Å². The van der Waals surface area contributed by atoms with Crippen LogP contribution < -0.4 is 0 Å². The van der Waals surface area contributed by atoms with Gasteiger partial charge in [-0.2, -0.15) is 0 Å². The summed E-state index contributed by atoms with van der Waals surface area (Å²) in [5, 5.41) is 5.83. The second-order valence-corrected chi connectivity index (χ2v) is 7.80. The number of aromatic nitrogens is 1. The smallest absolute Gasteiger partial charge is 0.159 e. The number of rotatable bonds is 4. The summed E-state index contributed by atoms with van der Waals surface area (Å²) >= 11 is 1.96. The number of thioether (sulfide) groups is 1. The lowest BCUT2D eigenvalue weighted by Gasteiger charge is -2.35. The van der Waals surface area contributed by atoms with Crippen LogP contribution in [0.3, 0.4) is 0 Å². The molecule has 0 unspecified atom stereocenters. The van der Waals surface area contributed by atoms with E-state index in [1.165, 1.54) is 5.17 Å². The molecule has 7 nitrogen and oxygen atoms in total. The molecule has 4 rings (SSSR count). The first-order valence-corrected chi connectivity index (χ1v) is 9.62. The van der Waals surface area contributed by atoms with E-state index in [2.05, 4.69) is 19.9 Å². The van der Waals surface area contributed by atoms with Crippen LogP contribution in [-0.4, -0.2) is 95.8 Å². The molecule has 2 saturated heterocycles. The van der Waals surface area contributed by atoms with Crippen molar-refractivity contribution in [3.8, 4) is 0 Å². The number of nitrogens with zero attached hydrogens (tertiary/aromatic N) is 5. The van der Waals surface area contributed by atoms with Crippen molar-refractivity contribution < 1.29 is 9.26 Å². The molecule has 2 fully saturated rings. The van der Waals surface area contributed by atoms with Crippen LogP contribution in [-0.2, 0) is 11.3 Å². The van der Waals surface area contributed by atoms with Crippen molar-refractivity contribution in [2.75, 3.05) is 65.6 Å². The van der Waals surface area contributed by atoms with Gasteiger partial charge in [-0.25, -0.2) is 0 Å². The number of ether oxygens (including phenoxy) is 1. The van der Waals surface area contributed by atoms with Gasteiger partial charge >= 0.3 is 0 Å². The van der Waals surface area contributed by atoms with Gasteiger partial charge in [0.15, 0.2) is 5.17 Å². The van der Waals surface area contributed by atoms with E-state index in [0.29, 0.717) is 5.25 Å². The van der Waals surface area contributed by atoms with Crippen LogP contribution in [0.2, 0.25) is 0 Å². The van der Waals surface area contributed by atoms with E-state index < -0.39 is 0 Å². The lowest BCUT2D eigenvalue weighted by atomic mass is 10.2. The van der Waals surface area contributed by atoms with Gasteiger partial charge in [0, 0.05) is 63.7 Å². The maximum atomic E-state index is 5.43. The number of amidine groups is 1. The molecule has 1 atom stereocenters. The van der Waals surface area contributed by atoms with Gasteiger partial charge in [0.05, 0.1) is 25.5 Å². The highest BCUT2D eigenvalue weighted by molar-refractivity contribution is 8.14. The molecular weight excluding hydrogens is 326 g/mol. The third-order valence-electron chi connectivity index (χ3n) is 4.79. The Hall–Kier alpha value is -1.09. The second kappa shape index (κ2) is 7.86. The van der Waals surface area contributed by atoms with Crippen LogP contribution in [0.4, 0.5) is 0 Å². The van der Waals surface area contributed by atoms with Gasteiger partial charge in [0.25, 0.3) is 0 Å². The average Bonchev–Trinajstić information content (AvgIpc) is 3.29. The van der Waals surface area contributed by atoms with Crippen molar-refractivity contribution in [2.45, 2.75) is 11.8 Å². The monoisotopic (exact) mass is 351 g/mol. The normalized spacial score (nSPS) is 26.8.